The summed E-state index contributed by atoms with van der Waals surface area (Å²) in [6.07, 6.45) is -1.69. The van der Waals surface area contributed by atoms with Crippen molar-refractivity contribution in [2.75, 3.05) is 0 Å². The minimum absolute atomic E-state index is 0.0276. The van der Waals surface area contributed by atoms with Crippen LogP contribution in [0.25, 0.3) is 0 Å². The standard InChI is InChI=1S/C9H7ClF3O2S/c1-16(14,15)5-6-4-7(9(11,12)13)2-3-8(6)10/h2-4H,1,5H2. The average molecular weight is 272 g/mol. The predicted octanol–water partition coefficient (Wildman–Crippen LogP) is 3.07. The van der Waals surface area contributed by atoms with Crippen LogP contribution in [-0.4, -0.2) is 8.42 Å². The Bertz CT molecular complexity index is 494. The molecule has 0 aliphatic carbocycles. The highest BCUT2D eigenvalue weighted by atomic mass is 35.5. The summed E-state index contributed by atoms with van der Waals surface area (Å²) >= 11 is 5.59. The van der Waals surface area contributed by atoms with Gasteiger partial charge in [0.25, 0.3) is 0 Å². The molecule has 16 heavy (non-hydrogen) atoms. The molecule has 0 fully saturated rings. The second-order valence-corrected chi connectivity index (χ2v) is 5.37. The highest BCUT2D eigenvalue weighted by molar-refractivity contribution is 7.91. The fourth-order valence-electron chi connectivity index (χ4n) is 1.10. The quantitative estimate of drug-likeness (QED) is 0.828. The Kier molecular flexibility index (Phi) is 3.54. The van der Waals surface area contributed by atoms with Crippen molar-refractivity contribution in [2.24, 2.45) is 0 Å². The third kappa shape index (κ3) is 3.68. The molecule has 0 unspecified atom stereocenters. The van der Waals surface area contributed by atoms with Crippen LogP contribution in [0.1, 0.15) is 11.1 Å². The summed E-state index contributed by atoms with van der Waals surface area (Å²) in [6, 6.07) is 2.53. The van der Waals surface area contributed by atoms with Crippen LogP contribution in [0.2, 0.25) is 5.02 Å². The second kappa shape index (κ2) is 4.25. The van der Waals surface area contributed by atoms with E-state index in [0.29, 0.717) is 6.07 Å². The maximum Gasteiger partial charge on any atom is 0.416 e. The van der Waals surface area contributed by atoms with Gasteiger partial charge in [-0.25, -0.2) is 8.42 Å². The van der Waals surface area contributed by atoms with Crippen LogP contribution in [0.15, 0.2) is 18.2 Å². The average Bonchev–Trinajstić information content (AvgIpc) is 2.04. The van der Waals surface area contributed by atoms with Crippen LogP contribution >= 0.6 is 11.6 Å². The van der Waals surface area contributed by atoms with Gasteiger partial charge in [0.05, 0.1) is 17.6 Å². The smallest absolute Gasteiger partial charge is 0.228 e. The molecule has 0 heterocycles. The Balaban J connectivity index is 3.20. The molecule has 0 spiro atoms. The second-order valence-electron chi connectivity index (χ2n) is 3.19. The number of halogens is 4. The Morgan fingerprint density at radius 1 is 1.31 bits per heavy atom. The van der Waals surface area contributed by atoms with E-state index in [1.54, 1.807) is 0 Å². The van der Waals surface area contributed by atoms with Crippen molar-refractivity contribution in [3.8, 4) is 0 Å². The predicted molar refractivity (Wildman–Crippen MR) is 54.4 cm³/mol. The molecule has 0 atom stereocenters. The van der Waals surface area contributed by atoms with Gasteiger partial charge in [0, 0.05) is 5.02 Å². The summed E-state index contributed by atoms with van der Waals surface area (Å²) in [5, 5.41) is -0.0276. The minimum Gasteiger partial charge on any atom is -0.228 e. The summed E-state index contributed by atoms with van der Waals surface area (Å²) in [6.45, 7) is 0. The van der Waals surface area contributed by atoms with Crippen molar-refractivity contribution in [3.63, 3.8) is 0 Å². The molecule has 1 aromatic carbocycles. The van der Waals surface area contributed by atoms with Gasteiger partial charge in [-0.1, -0.05) is 11.6 Å². The zero-order valence-corrected chi connectivity index (χ0v) is 9.46. The topological polar surface area (TPSA) is 34.1 Å². The number of hydrogen-bond acceptors (Lipinski definition) is 2. The van der Waals surface area contributed by atoms with Crippen molar-refractivity contribution < 1.29 is 21.6 Å². The molecular formula is C9H7ClF3O2S. The normalized spacial score (nSPS) is 12.8. The molecule has 0 N–H and O–H groups in total. The third-order valence-electron chi connectivity index (χ3n) is 1.75. The molecule has 0 aliphatic rings. The van der Waals surface area contributed by atoms with Crippen LogP contribution < -0.4 is 0 Å². The lowest BCUT2D eigenvalue weighted by molar-refractivity contribution is -0.137. The minimum atomic E-state index is -4.52. The van der Waals surface area contributed by atoms with Crippen molar-refractivity contribution in [1.82, 2.24) is 0 Å². The SMILES string of the molecule is [CH2]S(=O)(=O)Cc1cc(C(F)(F)F)ccc1Cl. The van der Waals surface area contributed by atoms with E-state index in [9.17, 15) is 21.6 Å². The maximum absolute atomic E-state index is 12.3. The van der Waals surface area contributed by atoms with E-state index in [4.69, 9.17) is 11.6 Å². The van der Waals surface area contributed by atoms with Gasteiger partial charge in [0.1, 0.15) is 0 Å². The monoisotopic (exact) mass is 271 g/mol. The number of hydrogen-bond donors (Lipinski definition) is 0. The largest absolute Gasteiger partial charge is 0.416 e. The molecule has 0 amide bonds. The fraction of sp³-hybridized carbons (Fsp3) is 0.222. The zero-order valence-electron chi connectivity index (χ0n) is 7.88. The van der Waals surface area contributed by atoms with Gasteiger partial charge in [-0.05, 0) is 23.8 Å². The van der Waals surface area contributed by atoms with Gasteiger partial charge in [0.2, 0.25) is 0 Å². The van der Waals surface area contributed by atoms with E-state index >= 15 is 0 Å². The highest BCUT2D eigenvalue weighted by Gasteiger charge is 2.31. The first-order chi connectivity index (χ1) is 7.09. The van der Waals surface area contributed by atoms with Gasteiger partial charge in [0.15, 0.2) is 9.84 Å². The van der Waals surface area contributed by atoms with Crippen molar-refractivity contribution >= 4 is 21.4 Å². The Labute approximate surface area is 96.0 Å². The molecule has 2 nitrogen and oxygen atoms in total. The Hall–Kier alpha value is -0.750. The fourth-order valence-corrected chi connectivity index (χ4v) is 2.07. The van der Waals surface area contributed by atoms with E-state index in [1.165, 1.54) is 0 Å². The Morgan fingerprint density at radius 2 is 1.88 bits per heavy atom. The molecule has 1 aromatic rings. The van der Waals surface area contributed by atoms with Crippen LogP contribution in [0.3, 0.4) is 0 Å². The highest BCUT2D eigenvalue weighted by Crippen LogP contribution is 2.32. The zero-order chi connectivity index (χ0) is 12.6. The molecule has 7 heteroatoms. The molecular weight excluding hydrogens is 265 g/mol. The molecule has 0 saturated heterocycles. The summed E-state index contributed by atoms with van der Waals surface area (Å²) in [4.78, 5) is 0. The first kappa shape index (κ1) is 13.3. The number of rotatable bonds is 2. The van der Waals surface area contributed by atoms with Crippen LogP contribution in [0, 0.1) is 6.26 Å². The lowest BCUT2D eigenvalue weighted by atomic mass is 10.1. The summed E-state index contributed by atoms with van der Waals surface area (Å²) in [7, 11) is -3.66. The lowest BCUT2D eigenvalue weighted by Crippen LogP contribution is -2.07. The van der Waals surface area contributed by atoms with Gasteiger partial charge in [-0.15, -0.1) is 0 Å². The van der Waals surface area contributed by atoms with Crippen molar-refractivity contribution in [1.29, 1.82) is 0 Å². The van der Waals surface area contributed by atoms with Gasteiger partial charge in [-0.3, -0.25) is 0 Å². The first-order valence-corrected chi connectivity index (χ1v) is 6.21. The Morgan fingerprint density at radius 3 is 2.31 bits per heavy atom. The molecule has 0 saturated carbocycles. The van der Waals surface area contributed by atoms with E-state index < -0.39 is 27.3 Å². The van der Waals surface area contributed by atoms with Crippen LogP contribution in [0.4, 0.5) is 13.2 Å². The van der Waals surface area contributed by atoms with Crippen LogP contribution in [-0.2, 0) is 21.8 Å². The molecule has 0 aliphatic heterocycles. The molecule has 0 aromatic heterocycles. The van der Waals surface area contributed by atoms with E-state index in [1.807, 2.05) is 0 Å². The van der Waals surface area contributed by atoms with Crippen LogP contribution in [0.5, 0.6) is 0 Å². The maximum atomic E-state index is 12.3. The molecule has 89 valence electrons. The van der Waals surface area contributed by atoms with Crippen molar-refractivity contribution in [3.05, 3.63) is 40.6 Å². The first-order valence-electron chi connectivity index (χ1n) is 4.01. The van der Waals surface area contributed by atoms with E-state index in [0.717, 1.165) is 12.1 Å². The van der Waals surface area contributed by atoms with E-state index in [2.05, 4.69) is 6.26 Å². The summed E-state index contributed by atoms with van der Waals surface area (Å²) in [5.41, 5.74) is -1.04. The number of sulfone groups is 1. The molecule has 1 radical (unpaired) electrons. The lowest BCUT2D eigenvalue weighted by Gasteiger charge is -2.09. The van der Waals surface area contributed by atoms with E-state index in [-0.39, 0.29) is 10.6 Å². The van der Waals surface area contributed by atoms with Crippen molar-refractivity contribution in [2.45, 2.75) is 11.9 Å². The number of alkyl halides is 3. The van der Waals surface area contributed by atoms with Gasteiger partial charge >= 0.3 is 6.18 Å². The summed E-state index contributed by atoms with van der Waals surface area (Å²) in [5.74, 6) is -0.615. The summed E-state index contributed by atoms with van der Waals surface area (Å²) < 4.78 is 58.7. The molecule has 0 bridgehead atoms. The third-order valence-corrected chi connectivity index (χ3v) is 2.87. The molecule has 1 rings (SSSR count). The van der Waals surface area contributed by atoms with Gasteiger partial charge < -0.3 is 0 Å². The number of benzene rings is 1. The van der Waals surface area contributed by atoms with Gasteiger partial charge in [-0.2, -0.15) is 13.2 Å².